The number of aromatic nitrogens is 2. The summed E-state index contributed by atoms with van der Waals surface area (Å²) in [5, 5.41) is 0. The first-order valence-corrected chi connectivity index (χ1v) is 7.03. The van der Waals surface area contributed by atoms with Crippen molar-refractivity contribution >= 4 is 11.0 Å². The minimum Gasteiger partial charge on any atom is -0.497 e. The van der Waals surface area contributed by atoms with E-state index in [0.717, 1.165) is 16.6 Å². The van der Waals surface area contributed by atoms with Crippen molar-refractivity contribution < 1.29 is 18.9 Å². The van der Waals surface area contributed by atoms with Gasteiger partial charge in [-0.15, -0.1) is 0 Å². The Labute approximate surface area is 134 Å². The number of methoxy groups -OCH3 is 4. The van der Waals surface area contributed by atoms with Gasteiger partial charge >= 0.3 is 0 Å². The molecule has 0 atom stereocenters. The van der Waals surface area contributed by atoms with E-state index in [-0.39, 0.29) is 0 Å². The number of aromatic amines is 1. The van der Waals surface area contributed by atoms with Crippen molar-refractivity contribution in [3.63, 3.8) is 0 Å². The number of ether oxygens (including phenoxy) is 4. The molecule has 0 bridgehead atoms. The molecule has 23 heavy (non-hydrogen) atoms. The minimum atomic E-state index is 0.640. The van der Waals surface area contributed by atoms with E-state index in [1.54, 1.807) is 28.4 Å². The Bertz CT molecular complexity index is 779. The molecule has 0 unspecified atom stereocenters. The van der Waals surface area contributed by atoms with Crippen LogP contribution in [0.5, 0.6) is 23.0 Å². The smallest absolute Gasteiger partial charge is 0.163 e. The van der Waals surface area contributed by atoms with Crippen molar-refractivity contribution in [3.8, 4) is 34.4 Å². The van der Waals surface area contributed by atoms with Crippen LogP contribution >= 0.6 is 0 Å². The molecular formula is C17H18N2O4. The molecule has 1 heterocycles. The fraction of sp³-hybridized carbons (Fsp3) is 0.235. The normalized spacial score (nSPS) is 10.6. The van der Waals surface area contributed by atoms with Gasteiger partial charge in [-0.25, -0.2) is 4.98 Å². The molecule has 6 heteroatoms. The van der Waals surface area contributed by atoms with E-state index < -0.39 is 0 Å². The van der Waals surface area contributed by atoms with Crippen molar-refractivity contribution in [2.45, 2.75) is 0 Å². The summed E-state index contributed by atoms with van der Waals surface area (Å²) in [7, 11) is 6.44. The highest BCUT2D eigenvalue weighted by Crippen LogP contribution is 2.34. The molecule has 0 saturated heterocycles. The highest BCUT2D eigenvalue weighted by molar-refractivity contribution is 5.83. The van der Waals surface area contributed by atoms with E-state index in [1.807, 2.05) is 30.3 Å². The number of hydrogen-bond donors (Lipinski definition) is 1. The minimum absolute atomic E-state index is 0.640. The average molecular weight is 314 g/mol. The Morgan fingerprint density at radius 2 is 1.35 bits per heavy atom. The van der Waals surface area contributed by atoms with Crippen LogP contribution in [-0.2, 0) is 0 Å². The van der Waals surface area contributed by atoms with Gasteiger partial charge in [-0.3, -0.25) is 0 Å². The van der Waals surface area contributed by atoms with Crippen molar-refractivity contribution in [2.24, 2.45) is 0 Å². The third-order valence-corrected chi connectivity index (χ3v) is 3.61. The third-order valence-electron chi connectivity index (χ3n) is 3.61. The van der Waals surface area contributed by atoms with E-state index in [1.165, 1.54) is 0 Å². The van der Waals surface area contributed by atoms with Crippen LogP contribution in [-0.4, -0.2) is 38.4 Å². The Morgan fingerprint density at radius 3 is 1.91 bits per heavy atom. The molecule has 3 aromatic rings. The average Bonchev–Trinajstić information content (AvgIpc) is 3.02. The van der Waals surface area contributed by atoms with Gasteiger partial charge in [-0.1, -0.05) is 0 Å². The number of imidazole rings is 1. The van der Waals surface area contributed by atoms with E-state index in [2.05, 4.69) is 9.97 Å². The lowest BCUT2D eigenvalue weighted by Gasteiger charge is -2.06. The van der Waals surface area contributed by atoms with Crippen molar-refractivity contribution in [1.29, 1.82) is 0 Å². The SMILES string of the molecule is COc1cc(OC)cc(-c2nc3cc(OC)c(OC)cc3[nH]2)c1. The van der Waals surface area contributed by atoms with Gasteiger partial charge in [-0.05, 0) is 12.1 Å². The molecule has 3 rings (SSSR count). The number of rotatable bonds is 5. The van der Waals surface area contributed by atoms with Gasteiger partial charge < -0.3 is 23.9 Å². The maximum absolute atomic E-state index is 5.32. The predicted octanol–water partition coefficient (Wildman–Crippen LogP) is 3.26. The first-order chi connectivity index (χ1) is 11.2. The summed E-state index contributed by atoms with van der Waals surface area (Å²) in [4.78, 5) is 7.90. The number of hydrogen-bond acceptors (Lipinski definition) is 5. The number of benzene rings is 2. The van der Waals surface area contributed by atoms with Crippen LogP contribution in [0, 0.1) is 0 Å². The molecule has 0 aliphatic carbocycles. The molecule has 0 radical (unpaired) electrons. The van der Waals surface area contributed by atoms with Crippen LogP contribution in [0.2, 0.25) is 0 Å². The van der Waals surface area contributed by atoms with Crippen LogP contribution < -0.4 is 18.9 Å². The molecule has 0 spiro atoms. The lowest BCUT2D eigenvalue weighted by Crippen LogP contribution is -1.89. The fourth-order valence-electron chi connectivity index (χ4n) is 2.42. The van der Waals surface area contributed by atoms with Crippen LogP contribution in [0.15, 0.2) is 30.3 Å². The van der Waals surface area contributed by atoms with Crippen LogP contribution in [0.4, 0.5) is 0 Å². The maximum Gasteiger partial charge on any atom is 0.163 e. The van der Waals surface area contributed by atoms with Gasteiger partial charge in [0, 0.05) is 23.8 Å². The highest BCUT2D eigenvalue weighted by atomic mass is 16.5. The van der Waals surface area contributed by atoms with Gasteiger partial charge in [0.05, 0.1) is 39.5 Å². The fourth-order valence-corrected chi connectivity index (χ4v) is 2.42. The molecule has 0 saturated carbocycles. The summed E-state index contributed by atoms with van der Waals surface area (Å²) in [5.41, 5.74) is 2.52. The number of nitrogens with one attached hydrogen (secondary N) is 1. The zero-order chi connectivity index (χ0) is 16.4. The standard InChI is InChI=1S/C17H18N2O4/c1-20-11-5-10(6-12(7-11)21-2)17-18-13-8-15(22-3)16(23-4)9-14(13)19-17/h5-9H,1-4H3,(H,18,19). The number of H-pyrrole nitrogens is 1. The molecule has 1 aromatic heterocycles. The Hall–Kier alpha value is -2.89. The highest BCUT2D eigenvalue weighted by Gasteiger charge is 2.12. The van der Waals surface area contributed by atoms with Crippen molar-refractivity contribution in [1.82, 2.24) is 9.97 Å². The maximum atomic E-state index is 5.32. The second kappa shape index (κ2) is 6.08. The monoisotopic (exact) mass is 314 g/mol. The van der Waals surface area contributed by atoms with Crippen LogP contribution in [0.3, 0.4) is 0 Å². The molecule has 1 N–H and O–H groups in total. The van der Waals surface area contributed by atoms with Gasteiger partial charge in [0.1, 0.15) is 17.3 Å². The summed E-state index contributed by atoms with van der Waals surface area (Å²) < 4.78 is 21.2. The van der Waals surface area contributed by atoms with Gasteiger partial charge in [0.25, 0.3) is 0 Å². The van der Waals surface area contributed by atoms with E-state index in [9.17, 15) is 0 Å². The zero-order valence-corrected chi connectivity index (χ0v) is 13.5. The summed E-state index contributed by atoms with van der Waals surface area (Å²) in [5.74, 6) is 3.41. The quantitative estimate of drug-likeness (QED) is 0.783. The largest absolute Gasteiger partial charge is 0.497 e. The predicted molar refractivity (Wildman–Crippen MR) is 87.7 cm³/mol. The molecule has 0 amide bonds. The summed E-state index contributed by atoms with van der Waals surface area (Å²) in [6.45, 7) is 0. The van der Waals surface area contributed by atoms with Crippen LogP contribution in [0.25, 0.3) is 22.4 Å². The van der Waals surface area contributed by atoms with Crippen LogP contribution in [0.1, 0.15) is 0 Å². The molecular weight excluding hydrogens is 296 g/mol. The molecule has 2 aromatic carbocycles. The molecule has 120 valence electrons. The second-order valence-electron chi connectivity index (χ2n) is 4.91. The van der Waals surface area contributed by atoms with Crippen molar-refractivity contribution in [3.05, 3.63) is 30.3 Å². The molecule has 0 aliphatic heterocycles. The first kappa shape index (κ1) is 15.0. The molecule has 6 nitrogen and oxygen atoms in total. The Kier molecular flexibility index (Phi) is 3.97. The van der Waals surface area contributed by atoms with Gasteiger partial charge in [0.15, 0.2) is 11.5 Å². The summed E-state index contributed by atoms with van der Waals surface area (Å²) >= 11 is 0. The summed E-state index contributed by atoms with van der Waals surface area (Å²) in [6, 6.07) is 9.31. The summed E-state index contributed by atoms with van der Waals surface area (Å²) in [6.07, 6.45) is 0. The topological polar surface area (TPSA) is 65.6 Å². The lowest BCUT2D eigenvalue weighted by molar-refractivity contribution is 0.356. The van der Waals surface area contributed by atoms with E-state index in [0.29, 0.717) is 28.8 Å². The molecule has 0 fully saturated rings. The van der Waals surface area contributed by atoms with E-state index in [4.69, 9.17) is 18.9 Å². The van der Waals surface area contributed by atoms with E-state index >= 15 is 0 Å². The third kappa shape index (κ3) is 2.75. The zero-order valence-electron chi connectivity index (χ0n) is 13.5. The Morgan fingerprint density at radius 1 is 0.739 bits per heavy atom. The molecule has 0 aliphatic rings. The number of nitrogens with zero attached hydrogens (tertiary/aromatic N) is 1. The lowest BCUT2D eigenvalue weighted by atomic mass is 10.2. The Balaban J connectivity index is 2.13. The second-order valence-corrected chi connectivity index (χ2v) is 4.91. The van der Waals surface area contributed by atoms with Gasteiger partial charge in [0.2, 0.25) is 0 Å². The number of fused-ring (bicyclic) bond motifs is 1. The first-order valence-electron chi connectivity index (χ1n) is 7.03. The van der Waals surface area contributed by atoms with Crippen molar-refractivity contribution in [2.75, 3.05) is 28.4 Å². The van der Waals surface area contributed by atoms with Gasteiger partial charge in [-0.2, -0.15) is 0 Å².